The lowest BCUT2D eigenvalue weighted by Gasteiger charge is -2.33. The highest BCUT2D eigenvalue weighted by atomic mass is 16.4. The van der Waals surface area contributed by atoms with Gasteiger partial charge in [-0.3, -0.25) is 9.69 Å². The van der Waals surface area contributed by atoms with E-state index in [-0.39, 0.29) is 6.42 Å². The quantitative estimate of drug-likeness (QED) is 0.819. The maximum Gasteiger partial charge on any atom is 0.304 e. The third-order valence-corrected chi connectivity index (χ3v) is 3.53. The first-order valence-corrected chi connectivity index (χ1v) is 6.95. The number of benzene rings is 1. The van der Waals surface area contributed by atoms with Gasteiger partial charge in [0.15, 0.2) is 0 Å². The number of hydrogen-bond donors (Lipinski definition) is 2. The number of rotatable bonds is 6. The van der Waals surface area contributed by atoms with Crippen LogP contribution in [0.3, 0.4) is 0 Å². The molecule has 2 rings (SSSR count). The maximum atomic E-state index is 10.5. The highest BCUT2D eigenvalue weighted by molar-refractivity contribution is 5.66. The third kappa shape index (κ3) is 5.01. The number of hydrogen-bond acceptors (Lipinski definition) is 3. The van der Waals surface area contributed by atoms with Crippen molar-refractivity contribution in [1.29, 1.82) is 0 Å². The summed E-state index contributed by atoms with van der Waals surface area (Å²) in [6.07, 6.45) is 2.53. The van der Waals surface area contributed by atoms with Crippen molar-refractivity contribution in [2.75, 3.05) is 19.6 Å². The van der Waals surface area contributed by atoms with E-state index in [2.05, 4.69) is 34.5 Å². The van der Waals surface area contributed by atoms with Gasteiger partial charge < -0.3 is 10.4 Å². The van der Waals surface area contributed by atoms with E-state index in [0.717, 1.165) is 26.1 Å². The lowest BCUT2D eigenvalue weighted by atomic mass is 10.0. The highest BCUT2D eigenvalue weighted by Crippen LogP contribution is 2.13. The topological polar surface area (TPSA) is 52.6 Å². The average molecular weight is 262 g/mol. The number of carbonyl (C=O) groups is 1. The van der Waals surface area contributed by atoms with Crippen molar-refractivity contribution >= 4 is 5.97 Å². The fraction of sp³-hybridized carbons (Fsp3) is 0.533. The summed E-state index contributed by atoms with van der Waals surface area (Å²) < 4.78 is 0. The number of likely N-dealkylation sites (tertiary alicyclic amines) is 1. The van der Waals surface area contributed by atoms with Crippen molar-refractivity contribution < 1.29 is 9.90 Å². The van der Waals surface area contributed by atoms with Crippen LogP contribution in [0.15, 0.2) is 30.3 Å². The van der Waals surface area contributed by atoms with E-state index >= 15 is 0 Å². The molecule has 2 N–H and O–H groups in total. The molecule has 0 aliphatic carbocycles. The first kappa shape index (κ1) is 14.0. The van der Waals surface area contributed by atoms with Gasteiger partial charge >= 0.3 is 5.97 Å². The first-order chi connectivity index (χ1) is 9.24. The van der Waals surface area contributed by atoms with Crippen LogP contribution in [0.2, 0.25) is 0 Å². The van der Waals surface area contributed by atoms with E-state index in [1.54, 1.807) is 0 Å². The zero-order chi connectivity index (χ0) is 13.5. The van der Waals surface area contributed by atoms with E-state index < -0.39 is 5.97 Å². The summed E-state index contributed by atoms with van der Waals surface area (Å²) in [6.45, 7) is 3.69. The Morgan fingerprint density at radius 2 is 2.16 bits per heavy atom. The van der Waals surface area contributed by atoms with Gasteiger partial charge in [0.05, 0.1) is 6.42 Å². The van der Waals surface area contributed by atoms with Crippen LogP contribution in [0.1, 0.15) is 24.8 Å². The zero-order valence-electron chi connectivity index (χ0n) is 11.2. The summed E-state index contributed by atoms with van der Waals surface area (Å²) >= 11 is 0. The molecule has 1 heterocycles. The fourth-order valence-electron chi connectivity index (χ4n) is 2.59. The molecule has 0 saturated carbocycles. The molecule has 4 heteroatoms. The van der Waals surface area contributed by atoms with Crippen LogP contribution in [0.4, 0.5) is 0 Å². The Balaban J connectivity index is 1.75. The van der Waals surface area contributed by atoms with Crippen LogP contribution in [-0.2, 0) is 11.3 Å². The molecule has 1 aromatic rings. The van der Waals surface area contributed by atoms with Gasteiger partial charge in [0, 0.05) is 25.7 Å². The summed E-state index contributed by atoms with van der Waals surface area (Å²) in [5.41, 5.74) is 1.34. The van der Waals surface area contributed by atoms with Crippen LogP contribution in [0.5, 0.6) is 0 Å². The largest absolute Gasteiger partial charge is 0.481 e. The lowest BCUT2D eigenvalue weighted by molar-refractivity contribution is -0.136. The SMILES string of the molecule is O=C(O)CCNC1CCCN(Cc2ccccc2)C1. The number of aliphatic carboxylic acids is 1. The molecule has 1 aromatic carbocycles. The summed E-state index contributed by atoms with van der Waals surface area (Å²) in [4.78, 5) is 12.9. The minimum absolute atomic E-state index is 0.204. The molecule has 19 heavy (non-hydrogen) atoms. The molecule has 0 spiro atoms. The average Bonchev–Trinajstić information content (AvgIpc) is 2.40. The highest BCUT2D eigenvalue weighted by Gasteiger charge is 2.19. The van der Waals surface area contributed by atoms with Crippen LogP contribution in [0, 0.1) is 0 Å². The van der Waals surface area contributed by atoms with Crippen LogP contribution >= 0.6 is 0 Å². The minimum atomic E-state index is -0.732. The maximum absolute atomic E-state index is 10.5. The molecule has 0 amide bonds. The van der Waals surface area contributed by atoms with Crippen molar-refractivity contribution in [2.45, 2.75) is 31.8 Å². The van der Waals surface area contributed by atoms with Gasteiger partial charge in [-0.15, -0.1) is 0 Å². The number of nitrogens with one attached hydrogen (secondary N) is 1. The van der Waals surface area contributed by atoms with Crippen molar-refractivity contribution in [3.05, 3.63) is 35.9 Å². The third-order valence-electron chi connectivity index (χ3n) is 3.53. The van der Waals surface area contributed by atoms with Crippen molar-refractivity contribution in [2.24, 2.45) is 0 Å². The second-order valence-corrected chi connectivity index (χ2v) is 5.16. The monoisotopic (exact) mass is 262 g/mol. The normalized spacial score (nSPS) is 20.3. The zero-order valence-corrected chi connectivity index (χ0v) is 11.2. The summed E-state index contributed by atoms with van der Waals surface area (Å²) in [6, 6.07) is 10.9. The standard InChI is InChI=1S/C15H22N2O2/c18-15(19)8-9-16-14-7-4-10-17(12-14)11-13-5-2-1-3-6-13/h1-3,5-6,14,16H,4,7-12H2,(H,18,19). The van der Waals surface area contributed by atoms with Gasteiger partial charge in [0.2, 0.25) is 0 Å². The molecule has 1 unspecified atom stereocenters. The predicted molar refractivity (Wildman–Crippen MR) is 75.0 cm³/mol. The number of nitrogens with zero attached hydrogens (tertiary/aromatic N) is 1. The van der Waals surface area contributed by atoms with E-state index in [9.17, 15) is 4.79 Å². The summed E-state index contributed by atoms with van der Waals surface area (Å²) in [5, 5.41) is 12.0. The van der Waals surface area contributed by atoms with Crippen LogP contribution in [0.25, 0.3) is 0 Å². The molecule has 0 aromatic heterocycles. The molecule has 0 radical (unpaired) electrons. The van der Waals surface area contributed by atoms with E-state index in [4.69, 9.17) is 5.11 Å². The number of carboxylic acid groups (broad SMARTS) is 1. The molecular weight excluding hydrogens is 240 g/mol. The molecule has 4 nitrogen and oxygen atoms in total. The second kappa shape index (κ2) is 7.26. The molecule has 1 saturated heterocycles. The first-order valence-electron chi connectivity index (χ1n) is 6.95. The minimum Gasteiger partial charge on any atom is -0.481 e. The Hall–Kier alpha value is -1.39. The molecule has 1 aliphatic heterocycles. The van der Waals surface area contributed by atoms with Gasteiger partial charge in [0.25, 0.3) is 0 Å². The number of carboxylic acids is 1. The molecule has 1 fully saturated rings. The smallest absolute Gasteiger partial charge is 0.304 e. The molecule has 1 atom stereocenters. The Bertz CT molecular complexity index is 394. The summed E-state index contributed by atoms with van der Waals surface area (Å²) in [7, 11) is 0. The summed E-state index contributed by atoms with van der Waals surface area (Å²) in [5.74, 6) is -0.732. The Kier molecular flexibility index (Phi) is 5.36. The van der Waals surface area contributed by atoms with E-state index in [1.807, 2.05) is 6.07 Å². The van der Waals surface area contributed by atoms with Crippen LogP contribution in [-0.4, -0.2) is 41.7 Å². The van der Waals surface area contributed by atoms with Crippen molar-refractivity contribution in [3.8, 4) is 0 Å². The van der Waals surface area contributed by atoms with Gasteiger partial charge in [-0.05, 0) is 24.9 Å². The molecular formula is C15H22N2O2. The lowest BCUT2D eigenvalue weighted by Crippen LogP contribution is -2.45. The second-order valence-electron chi connectivity index (χ2n) is 5.16. The van der Waals surface area contributed by atoms with Gasteiger partial charge in [0.1, 0.15) is 0 Å². The van der Waals surface area contributed by atoms with Gasteiger partial charge in [-0.1, -0.05) is 30.3 Å². The molecule has 1 aliphatic rings. The van der Waals surface area contributed by atoms with E-state index in [0.29, 0.717) is 12.6 Å². The molecule has 0 bridgehead atoms. The Morgan fingerprint density at radius 1 is 1.37 bits per heavy atom. The van der Waals surface area contributed by atoms with Crippen molar-refractivity contribution in [1.82, 2.24) is 10.2 Å². The fourth-order valence-corrected chi connectivity index (χ4v) is 2.59. The van der Waals surface area contributed by atoms with E-state index in [1.165, 1.54) is 12.0 Å². The Morgan fingerprint density at radius 3 is 2.89 bits per heavy atom. The van der Waals surface area contributed by atoms with Crippen LogP contribution < -0.4 is 5.32 Å². The van der Waals surface area contributed by atoms with Crippen molar-refractivity contribution in [3.63, 3.8) is 0 Å². The predicted octanol–water partition coefficient (Wildman–Crippen LogP) is 1.72. The van der Waals surface area contributed by atoms with Gasteiger partial charge in [-0.25, -0.2) is 0 Å². The Labute approximate surface area is 114 Å². The van der Waals surface area contributed by atoms with Gasteiger partial charge in [-0.2, -0.15) is 0 Å². The number of piperidine rings is 1. The molecule has 104 valence electrons.